The Morgan fingerprint density at radius 1 is 1.33 bits per heavy atom. The molecule has 5 N–H and O–H groups in total. The molecule has 1 saturated carbocycles. The molecule has 6 atom stereocenters. The second-order valence-corrected chi connectivity index (χ2v) is 12.5. The van der Waals surface area contributed by atoms with E-state index in [0.717, 1.165) is 37.1 Å². The Kier molecular flexibility index (Phi) is 8.60. The van der Waals surface area contributed by atoms with E-state index < -0.39 is 55.8 Å². The van der Waals surface area contributed by atoms with Crippen LogP contribution in [0.3, 0.4) is 0 Å². The van der Waals surface area contributed by atoms with Gasteiger partial charge in [-0.15, -0.1) is 0 Å². The Morgan fingerprint density at radius 2 is 2.02 bits per heavy atom. The van der Waals surface area contributed by atoms with E-state index in [1.165, 1.54) is 19.1 Å². The topological polar surface area (TPSA) is 193 Å². The monoisotopic (exact) mass is 626 g/mol. The summed E-state index contributed by atoms with van der Waals surface area (Å²) in [4.78, 5) is 35.0. The third-order valence-corrected chi connectivity index (χ3v) is 8.97. The summed E-state index contributed by atoms with van der Waals surface area (Å²) in [7, 11) is -4.61. The number of rotatable bonds is 10. The molecule has 0 spiro atoms. The first-order valence-electron chi connectivity index (χ1n) is 13.7. The summed E-state index contributed by atoms with van der Waals surface area (Å²) >= 11 is 0. The summed E-state index contributed by atoms with van der Waals surface area (Å²) in [5, 5.41) is 13.4. The molecule has 2 aromatic heterocycles. The minimum atomic E-state index is -4.61. The van der Waals surface area contributed by atoms with Gasteiger partial charge in [0.15, 0.2) is 23.6 Å². The Bertz CT molecular complexity index is 1570. The van der Waals surface area contributed by atoms with Crippen molar-refractivity contribution < 1.29 is 41.8 Å². The predicted molar refractivity (Wildman–Crippen MR) is 148 cm³/mol. The van der Waals surface area contributed by atoms with Crippen LogP contribution < -0.4 is 20.9 Å². The lowest BCUT2D eigenvalue weighted by molar-refractivity contribution is -0.192. The van der Waals surface area contributed by atoms with Crippen molar-refractivity contribution in [2.75, 3.05) is 12.3 Å². The van der Waals surface area contributed by atoms with Gasteiger partial charge in [0.05, 0.1) is 6.33 Å². The van der Waals surface area contributed by atoms with Crippen LogP contribution in [0, 0.1) is 0 Å². The number of nitrogens with one attached hydrogen (secondary N) is 2. The highest BCUT2D eigenvalue weighted by Crippen LogP contribution is 2.51. The lowest BCUT2D eigenvalue weighted by Crippen LogP contribution is -2.46. The Morgan fingerprint density at radius 3 is 2.72 bits per heavy atom. The van der Waals surface area contributed by atoms with E-state index in [1.807, 2.05) is 0 Å². The predicted octanol–water partition coefficient (Wildman–Crippen LogP) is 3.04. The van der Waals surface area contributed by atoms with Gasteiger partial charge in [-0.05, 0) is 51.7 Å². The molecule has 14 nitrogen and oxygen atoms in total. The number of anilines is 1. The second kappa shape index (κ2) is 11.9. The van der Waals surface area contributed by atoms with Gasteiger partial charge in [0, 0.05) is 0 Å². The van der Waals surface area contributed by atoms with E-state index >= 15 is 8.78 Å². The molecule has 1 saturated heterocycles. The van der Waals surface area contributed by atoms with Gasteiger partial charge in [-0.2, -0.15) is 10.1 Å². The van der Waals surface area contributed by atoms with Gasteiger partial charge in [-0.3, -0.25) is 23.7 Å². The maximum Gasteiger partial charge on any atom is 0.459 e. The Hall–Kier alpha value is -3.43. The number of imidazole rings is 1. The van der Waals surface area contributed by atoms with Gasteiger partial charge in [0.2, 0.25) is 5.95 Å². The fraction of sp³-hybridized carbons (Fsp3) is 0.538. The number of esters is 1. The van der Waals surface area contributed by atoms with Crippen molar-refractivity contribution in [1.82, 2.24) is 24.6 Å². The molecule has 0 amide bonds. The highest BCUT2D eigenvalue weighted by atomic mass is 31.2. The maximum atomic E-state index is 16.2. The standard InChI is InChI=1S/C26H33F2N6O8P/c1-15(21(36)40-16-9-5-3-6-10-16)33-43(38,42-17-11-7-4-8-12-17)39-13-26(28)22(27)25(2,37)23(41-26)34-14-30-18-19(34)31-24(29)32-20(18)35/h4,7-8,11-12,14-16,22-23,37H,3,5-6,9-10,13H2,1-2H3,(H,33,38)(H3,29,31,32,35)/t15?,22-,23?,25+,26+,43?/m0/s1. The van der Waals surface area contributed by atoms with Crippen LogP contribution >= 0.6 is 7.75 Å². The number of aromatic amines is 1. The number of benzene rings is 1. The summed E-state index contributed by atoms with van der Waals surface area (Å²) in [6.07, 6.45) is 0.451. The van der Waals surface area contributed by atoms with Gasteiger partial charge in [0.25, 0.3) is 11.4 Å². The summed E-state index contributed by atoms with van der Waals surface area (Å²) < 4.78 is 68.3. The molecule has 0 radical (unpaired) electrons. The lowest BCUT2D eigenvalue weighted by Gasteiger charge is -2.28. The van der Waals surface area contributed by atoms with Crippen LogP contribution in [0.2, 0.25) is 0 Å². The summed E-state index contributed by atoms with van der Waals surface area (Å²) in [5.41, 5.74) is 1.92. The molecule has 3 heterocycles. The summed E-state index contributed by atoms with van der Waals surface area (Å²) in [5.74, 6) is -4.36. The number of carbonyl (C=O) groups excluding carboxylic acids is 1. The number of carbonyl (C=O) groups is 1. The van der Waals surface area contributed by atoms with Crippen LogP contribution in [0.4, 0.5) is 14.7 Å². The zero-order valence-electron chi connectivity index (χ0n) is 23.4. The normalized spacial score (nSPS) is 28.4. The molecule has 43 heavy (non-hydrogen) atoms. The van der Waals surface area contributed by atoms with Crippen LogP contribution in [0.25, 0.3) is 11.2 Å². The molecular formula is C26H33F2N6O8P. The number of para-hydroxylation sites is 1. The van der Waals surface area contributed by atoms with E-state index in [4.69, 9.17) is 24.3 Å². The van der Waals surface area contributed by atoms with Crippen LogP contribution in [0.5, 0.6) is 5.75 Å². The minimum Gasteiger partial charge on any atom is -0.461 e. The number of halogens is 2. The van der Waals surface area contributed by atoms with Crippen molar-refractivity contribution in [1.29, 1.82) is 0 Å². The highest BCUT2D eigenvalue weighted by Gasteiger charge is 2.65. The molecule has 17 heteroatoms. The van der Waals surface area contributed by atoms with Crippen molar-refractivity contribution in [3.8, 4) is 5.75 Å². The number of fused-ring (bicyclic) bond motifs is 1. The van der Waals surface area contributed by atoms with Crippen molar-refractivity contribution in [2.45, 2.75) is 82.0 Å². The van der Waals surface area contributed by atoms with E-state index in [2.05, 4.69) is 20.0 Å². The first-order chi connectivity index (χ1) is 20.3. The van der Waals surface area contributed by atoms with E-state index in [-0.39, 0.29) is 29.0 Å². The molecule has 3 aromatic rings. The third-order valence-electron chi connectivity index (χ3n) is 7.34. The number of nitrogens with two attached hydrogens (primary N) is 1. The molecule has 234 valence electrons. The average Bonchev–Trinajstić information content (AvgIpc) is 3.46. The van der Waals surface area contributed by atoms with Gasteiger partial charge in [-0.1, -0.05) is 24.6 Å². The number of H-pyrrole nitrogens is 1. The van der Waals surface area contributed by atoms with Crippen molar-refractivity contribution in [3.05, 3.63) is 47.0 Å². The zero-order valence-corrected chi connectivity index (χ0v) is 24.3. The molecular weight excluding hydrogens is 593 g/mol. The minimum absolute atomic E-state index is 0.0480. The number of aromatic nitrogens is 4. The van der Waals surface area contributed by atoms with E-state index in [0.29, 0.717) is 12.8 Å². The smallest absolute Gasteiger partial charge is 0.459 e. The molecule has 2 aliphatic rings. The van der Waals surface area contributed by atoms with Crippen molar-refractivity contribution in [2.24, 2.45) is 0 Å². The van der Waals surface area contributed by atoms with Crippen molar-refractivity contribution in [3.63, 3.8) is 0 Å². The van der Waals surface area contributed by atoms with Crippen LogP contribution in [0.1, 0.15) is 52.2 Å². The van der Waals surface area contributed by atoms with Gasteiger partial charge in [0.1, 0.15) is 30.1 Å². The average molecular weight is 627 g/mol. The first-order valence-corrected chi connectivity index (χ1v) is 15.3. The molecule has 2 fully saturated rings. The van der Waals surface area contributed by atoms with E-state index in [9.17, 15) is 19.3 Å². The molecule has 1 aliphatic carbocycles. The quantitative estimate of drug-likeness (QED) is 0.190. The first kappa shape index (κ1) is 31.0. The number of aliphatic hydroxyl groups is 1. The van der Waals surface area contributed by atoms with Crippen LogP contribution in [-0.4, -0.2) is 67.0 Å². The molecule has 1 aliphatic heterocycles. The maximum absolute atomic E-state index is 16.2. The van der Waals surface area contributed by atoms with Gasteiger partial charge in [-0.25, -0.2) is 18.3 Å². The largest absolute Gasteiger partial charge is 0.461 e. The van der Waals surface area contributed by atoms with E-state index in [1.54, 1.807) is 18.2 Å². The SMILES string of the molecule is CC(NP(=O)(OC[C@@]1(F)OC(n2cnc3c(=O)[nH]c(N)nc32)[C@](C)(O)[C@@H]1F)Oc1ccccc1)C(=O)OC1CCCCC1. The summed E-state index contributed by atoms with van der Waals surface area (Å²) in [6.45, 7) is 0.995. The van der Waals surface area contributed by atoms with Crippen LogP contribution in [0.15, 0.2) is 41.5 Å². The van der Waals surface area contributed by atoms with Gasteiger partial charge < -0.3 is 24.8 Å². The Labute approximate surface area is 244 Å². The number of hydrogen-bond donors (Lipinski definition) is 4. The second-order valence-electron chi connectivity index (χ2n) is 10.8. The summed E-state index contributed by atoms with van der Waals surface area (Å²) in [6, 6.07) is 6.51. The molecule has 1 aromatic carbocycles. The fourth-order valence-corrected chi connectivity index (χ4v) is 6.61. The van der Waals surface area contributed by atoms with Gasteiger partial charge >= 0.3 is 13.7 Å². The lowest BCUT2D eigenvalue weighted by atomic mass is 9.97. The number of nitrogens with zero attached hydrogens (tertiary/aromatic N) is 3. The third kappa shape index (κ3) is 6.43. The number of hydrogen-bond acceptors (Lipinski definition) is 11. The fourth-order valence-electron chi connectivity index (χ4n) is 5.11. The number of alkyl halides is 2. The highest BCUT2D eigenvalue weighted by molar-refractivity contribution is 7.52. The van der Waals surface area contributed by atoms with Crippen molar-refractivity contribution >= 4 is 30.8 Å². The molecule has 0 bridgehead atoms. The number of nitrogen functional groups attached to an aromatic ring is 1. The van der Waals surface area contributed by atoms with Crippen LogP contribution in [-0.2, 0) is 23.4 Å². The number of ether oxygens (including phenoxy) is 2. The Balaban J connectivity index is 1.36. The zero-order chi connectivity index (χ0) is 31.0. The molecule has 5 rings (SSSR count). The molecule has 3 unspecified atom stereocenters.